The van der Waals surface area contributed by atoms with Crippen LogP contribution in [0.2, 0.25) is 0 Å². The first-order chi connectivity index (χ1) is 9.08. The summed E-state index contributed by atoms with van der Waals surface area (Å²) in [6.07, 6.45) is 2.39. The Hall–Kier alpha value is -1.08. The first-order valence-electron chi connectivity index (χ1n) is 6.53. The average molecular weight is 284 g/mol. The highest BCUT2D eigenvalue weighted by atomic mass is 32.2. The van der Waals surface area contributed by atoms with Crippen molar-refractivity contribution in [2.75, 3.05) is 12.4 Å². The molecular formula is C12H20N4O2S. The van der Waals surface area contributed by atoms with Crippen molar-refractivity contribution in [3.63, 3.8) is 0 Å². The molecule has 1 aromatic heterocycles. The zero-order chi connectivity index (χ0) is 13.8. The maximum absolute atomic E-state index is 10.9. The number of amides is 1. The quantitative estimate of drug-likeness (QED) is 0.792. The Labute approximate surface area is 117 Å². The normalized spacial score (nSPS) is 19.2. The average Bonchev–Trinajstić information content (AvgIpc) is 2.96. The van der Waals surface area contributed by atoms with Crippen molar-refractivity contribution >= 4 is 17.7 Å². The van der Waals surface area contributed by atoms with Crippen molar-refractivity contribution in [3.8, 4) is 0 Å². The lowest BCUT2D eigenvalue weighted by molar-refractivity contribution is -0.115. The van der Waals surface area contributed by atoms with Gasteiger partial charge in [0.15, 0.2) is 5.16 Å². The number of carbonyl (C=O) groups is 1. The number of thioether (sulfide) groups is 1. The molecule has 0 aromatic carbocycles. The predicted octanol–water partition coefficient (Wildman–Crippen LogP) is 1.16. The van der Waals surface area contributed by atoms with Crippen LogP contribution in [-0.4, -0.2) is 39.1 Å². The van der Waals surface area contributed by atoms with Gasteiger partial charge in [0.1, 0.15) is 5.82 Å². The summed E-state index contributed by atoms with van der Waals surface area (Å²) >= 11 is 1.34. The van der Waals surface area contributed by atoms with Gasteiger partial charge in [0.2, 0.25) is 5.91 Å². The van der Waals surface area contributed by atoms with E-state index in [-0.39, 0.29) is 23.7 Å². The first-order valence-corrected chi connectivity index (χ1v) is 7.52. The number of carbonyl (C=O) groups excluding carboxylic acids is 1. The lowest BCUT2D eigenvalue weighted by Gasteiger charge is -2.15. The number of ether oxygens (including phenoxy) is 1. The van der Waals surface area contributed by atoms with Crippen LogP contribution >= 0.6 is 11.8 Å². The minimum atomic E-state index is -0.345. The van der Waals surface area contributed by atoms with E-state index in [1.165, 1.54) is 11.8 Å². The minimum absolute atomic E-state index is 0.224. The largest absolute Gasteiger partial charge is 0.376 e. The van der Waals surface area contributed by atoms with Gasteiger partial charge < -0.3 is 15.0 Å². The standard InChI is InChI=1S/C12H20N4O2S/c1-8(2)11-14-15-12(19-7-10(13)17)16(11)6-9-4-3-5-18-9/h8-9H,3-7H2,1-2H3,(H2,13,17). The molecule has 1 atom stereocenters. The van der Waals surface area contributed by atoms with Gasteiger partial charge in [-0.05, 0) is 12.8 Å². The van der Waals surface area contributed by atoms with E-state index < -0.39 is 0 Å². The molecule has 1 fully saturated rings. The van der Waals surface area contributed by atoms with Crippen LogP contribution in [0.4, 0.5) is 0 Å². The molecule has 6 nitrogen and oxygen atoms in total. The summed E-state index contributed by atoms with van der Waals surface area (Å²) in [7, 11) is 0. The fourth-order valence-electron chi connectivity index (χ4n) is 2.13. The zero-order valence-corrected chi connectivity index (χ0v) is 12.2. The van der Waals surface area contributed by atoms with Gasteiger partial charge in [-0.1, -0.05) is 25.6 Å². The maximum atomic E-state index is 10.9. The number of nitrogens with two attached hydrogens (primary N) is 1. The van der Waals surface area contributed by atoms with Crippen LogP contribution in [0.25, 0.3) is 0 Å². The third-order valence-electron chi connectivity index (χ3n) is 3.02. The Kier molecular flexibility index (Phi) is 4.81. The second-order valence-corrected chi connectivity index (χ2v) is 5.94. The van der Waals surface area contributed by atoms with E-state index in [2.05, 4.69) is 28.6 Å². The molecule has 1 unspecified atom stereocenters. The monoisotopic (exact) mass is 284 g/mol. The van der Waals surface area contributed by atoms with Crippen LogP contribution in [0.15, 0.2) is 5.16 Å². The van der Waals surface area contributed by atoms with Gasteiger partial charge in [-0.15, -0.1) is 10.2 Å². The summed E-state index contributed by atoms with van der Waals surface area (Å²) < 4.78 is 7.73. The lowest BCUT2D eigenvalue weighted by Crippen LogP contribution is -2.19. The number of nitrogens with zero attached hydrogens (tertiary/aromatic N) is 3. The van der Waals surface area contributed by atoms with Gasteiger partial charge in [0.05, 0.1) is 18.4 Å². The molecule has 0 bridgehead atoms. The van der Waals surface area contributed by atoms with Crippen molar-refractivity contribution in [3.05, 3.63) is 5.82 Å². The van der Waals surface area contributed by atoms with Crippen molar-refractivity contribution in [2.45, 2.75) is 50.4 Å². The summed E-state index contributed by atoms with van der Waals surface area (Å²) in [5, 5.41) is 9.13. The Balaban J connectivity index is 2.14. The smallest absolute Gasteiger partial charge is 0.227 e. The van der Waals surface area contributed by atoms with Crippen LogP contribution in [0.3, 0.4) is 0 Å². The topological polar surface area (TPSA) is 83.0 Å². The van der Waals surface area contributed by atoms with E-state index >= 15 is 0 Å². The number of aromatic nitrogens is 3. The van der Waals surface area contributed by atoms with Crippen molar-refractivity contribution in [2.24, 2.45) is 5.73 Å². The Bertz CT molecular complexity index is 441. The fraction of sp³-hybridized carbons (Fsp3) is 0.750. The summed E-state index contributed by atoms with van der Waals surface area (Å²) in [5.74, 6) is 1.10. The fourth-order valence-corrected chi connectivity index (χ4v) is 2.83. The maximum Gasteiger partial charge on any atom is 0.227 e. The summed E-state index contributed by atoms with van der Waals surface area (Å²) in [5.41, 5.74) is 5.18. The highest BCUT2D eigenvalue weighted by Gasteiger charge is 2.22. The van der Waals surface area contributed by atoms with Crippen molar-refractivity contribution < 1.29 is 9.53 Å². The highest BCUT2D eigenvalue weighted by Crippen LogP contribution is 2.24. The first kappa shape index (κ1) is 14.3. The molecule has 0 radical (unpaired) electrons. The summed E-state index contributed by atoms with van der Waals surface area (Å²) in [4.78, 5) is 10.9. The van der Waals surface area contributed by atoms with Crippen LogP contribution in [0.1, 0.15) is 38.4 Å². The molecule has 106 valence electrons. The van der Waals surface area contributed by atoms with Crippen LogP contribution in [-0.2, 0) is 16.1 Å². The number of primary amides is 1. The molecule has 0 saturated carbocycles. The number of hydrogen-bond donors (Lipinski definition) is 1. The Morgan fingerprint density at radius 2 is 2.37 bits per heavy atom. The van der Waals surface area contributed by atoms with Gasteiger partial charge in [0.25, 0.3) is 0 Å². The van der Waals surface area contributed by atoms with Crippen LogP contribution in [0, 0.1) is 0 Å². The summed E-state index contributed by atoms with van der Waals surface area (Å²) in [6, 6.07) is 0. The Morgan fingerprint density at radius 1 is 1.58 bits per heavy atom. The van der Waals surface area contributed by atoms with Crippen LogP contribution in [0.5, 0.6) is 0 Å². The van der Waals surface area contributed by atoms with E-state index in [1.807, 2.05) is 0 Å². The van der Waals surface area contributed by atoms with E-state index in [0.29, 0.717) is 0 Å². The zero-order valence-electron chi connectivity index (χ0n) is 11.3. The molecule has 0 aliphatic carbocycles. The summed E-state index contributed by atoms with van der Waals surface area (Å²) in [6.45, 7) is 5.74. The molecule has 19 heavy (non-hydrogen) atoms. The molecule has 2 rings (SSSR count). The second-order valence-electron chi connectivity index (χ2n) is 5.00. The molecule has 2 N–H and O–H groups in total. The lowest BCUT2D eigenvalue weighted by atomic mass is 10.2. The van der Waals surface area contributed by atoms with Gasteiger partial charge in [-0.2, -0.15) is 0 Å². The highest BCUT2D eigenvalue weighted by molar-refractivity contribution is 7.99. The molecule has 1 aromatic rings. The molecule has 1 aliphatic rings. The van der Waals surface area contributed by atoms with Gasteiger partial charge in [-0.25, -0.2) is 0 Å². The second kappa shape index (κ2) is 6.38. The number of rotatable bonds is 6. The van der Waals surface area contributed by atoms with E-state index in [4.69, 9.17) is 10.5 Å². The van der Waals surface area contributed by atoms with Crippen LogP contribution < -0.4 is 5.73 Å². The molecule has 1 saturated heterocycles. The molecule has 0 spiro atoms. The molecule has 7 heteroatoms. The predicted molar refractivity (Wildman–Crippen MR) is 73.0 cm³/mol. The van der Waals surface area contributed by atoms with Crippen molar-refractivity contribution in [1.29, 1.82) is 0 Å². The van der Waals surface area contributed by atoms with Gasteiger partial charge in [-0.3, -0.25) is 4.79 Å². The Morgan fingerprint density at radius 3 is 2.95 bits per heavy atom. The molecular weight excluding hydrogens is 264 g/mol. The molecule has 1 amide bonds. The van der Waals surface area contributed by atoms with E-state index in [0.717, 1.165) is 37.0 Å². The van der Waals surface area contributed by atoms with E-state index in [1.54, 1.807) is 0 Å². The molecule has 2 heterocycles. The number of hydrogen-bond acceptors (Lipinski definition) is 5. The van der Waals surface area contributed by atoms with Gasteiger partial charge in [0, 0.05) is 12.5 Å². The molecule has 1 aliphatic heterocycles. The minimum Gasteiger partial charge on any atom is -0.376 e. The van der Waals surface area contributed by atoms with E-state index in [9.17, 15) is 4.79 Å². The van der Waals surface area contributed by atoms with Crippen molar-refractivity contribution in [1.82, 2.24) is 14.8 Å². The third kappa shape index (κ3) is 3.70. The SMILES string of the molecule is CC(C)c1nnc(SCC(N)=O)n1CC1CCCO1. The third-order valence-corrected chi connectivity index (χ3v) is 4.00. The van der Waals surface area contributed by atoms with Gasteiger partial charge >= 0.3 is 0 Å².